The molecule has 4 heteroatoms. The van der Waals surface area contributed by atoms with Gasteiger partial charge in [-0.15, -0.1) is 0 Å². The Morgan fingerprint density at radius 2 is 2.00 bits per heavy atom. The number of nitrogens with zero attached hydrogens (tertiary/aromatic N) is 1. The van der Waals surface area contributed by atoms with Gasteiger partial charge < -0.3 is 9.47 Å². The maximum absolute atomic E-state index is 11.5. The van der Waals surface area contributed by atoms with E-state index in [2.05, 4.69) is 4.90 Å². The topological polar surface area (TPSA) is 38.8 Å². The lowest BCUT2D eigenvalue weighted by atomic mass is 9.93. The summed E-state index contributed by atoms with van der Waals surface area (Å²) in [5, 5.41) is 0. The Hall–Kier alpha value is -0.450. The van der Waals surface area contributed by atoms with Crippen LogP contribution in [0.2, 0.25) is 0 Å². The van der Waals surface area contributed by atoms with Crippen molar-refractivity contribution in [2.24, 2.45) is 0 Å². The van der Waals surface area contributed by atoms with Crippen molar-refractivity contribution in [1.29, 1.82) is 0 Å². The van der Waals surface area contributed by atoms with E-state index in [4.69, 9.17) is 9.47 Å². The van der Waals surface area contributed by atoms with Crippen molar-refractivity contribution >= 4 is 5.78 Å². The van der Waals surface area contributed by atoms with Gasteiger partial charge in [-0.05, 0) is 19.3 Å². The van der Waals surface area contributed by atoms with Gasteiger partial charge in [-0.1, -0.05) is 0 Å². The van der Waals surface area contributed by atoms with Gasteiger partial charge in [-0.25, -0.2) is 0 Å². The van der Waals surface area contributed by atoms with Crippen LogP contribution in [0.3, 0.4) is 0 Å². The van der Waals surface area contributed by atoms with Crippen LogP contribution in [0.5, 0.6) is 0 Å². The van der Waals surface area contributed by atoms with Gasteiger partial charge in [-0.3, -0.25) is 9.69 Å². The predicted molar refractivity (Wildman–Crippen MR) is 67.2 cm³/mol. The predicted octanol–water partition coefficient (Wildman–Crippen LogP) is 1.48. The van der Waals surface area contributed by atoms with Gasteiger partial charge in [0.1, 0.15) is 5.78 Å². The minimum Gasteiger partial charge on any atom is -0.385 e. The standard InChI is InChI=1S/C13H25NO3/c1-16-9-4-7-14(8-10-17-2)12-5-3-6-13(15)11-12/h12H,3-11H2,1-2H3. The first-order valence-corrected chi connectivity index (χ1v) is 6.51. The van der Waals surface area contributed by atoms with E-state index in [1.54, 1.807) is 14.2 Å². The first-order valence-electron chi connectivity index (χ1n) is 6.51. The highest BCUT2D eigenvalue weighted by Crippen LogP contribution is 2.20. The van der Waals surface area contributed by atoms with Gasteiger partial charge in [-0.2, -0.15) is 0 Å². The molecule has 1 fully saturated rings. The van der Waals surface area contributed by atoms with E-state index >= 15 is 0 Å². The molecule has 17 heavy (non-hydrogen) atoms. The molecule has 1 saturated carbocycles. The second-order valence-corrected chi connectivity index (χ2v) is 4.66. The molecule has 0 bridgehead atoms. The summed E-state index contributed by atoms with van der Waals surface area (Å²) in [5.41, 5.74) is 0. The Morgan fingerprint density at radius 3 is 2.65 bits per heavy atom. The van der Waals surface area contributed by atoms with Crippen LogP contribution in [0.1, 0.15) is 32.1 Å². The molecule has 0 aromatic heterocycles. The van der Waals surface area contributed by atoms with E-state index in [-0.39, 0.29) is 0 Å². The van der Waals surface area contributed by atoms with Crippen LogP contribution in [-0.2, 0) is 14.3 Å². The SMILES string of the molecule is COCCCN(CCOC)C1CCCC(=O)C1. The molecule has 1 rings (SSSR count). The summed E-state index contributed by atoms with van der Waals surface area (Å²) < 4.78 is 10.2. The molecule has 0 aromatic rings. The second-order valence-electron chi connectivity index (χ2n) is 4.66. The minimum atomic E-state index is 0.412. The second kappa shape index (κ2) is 8.61. The van der Waals surface area contributed by atoms with E-state index in [0.29, 0.717) is 11.8 Å². The molecule has 100 valence electrons. The van der Waals surface area contributed by atoms with Crippen LogP contribution in [-0.4, -0.2) is 57.2 Å². The van der Waals surface area contributed by atoms with Crippen LogP contribution in [0.15, 0.2) is 0 Å². The van der Waals surface area contributed by atoms with Crippen LogP contribution in [0.4, 0.5) is 0 Å². The lowest BCUT2D eigenvalue weighted by Crippen LogP contribution is -2.41. The molecule has 0 aromatic carbocycles. The summed E-state index contributed by atoms with van der Waals surface area (Å²) in [4.78, 5) is 13.9. The zero-order valence-electron chi connectivity index (χ0n) is 11.1. The summed E-state index contributed by atoms with van der Waals surface area (Å²) >= 11 is 0. The van der Waals surface area contributed by atoms with Gasteiger partial charge in [0.2, 0.25) is 0 Å². The molecular formula is C13H25NO3. The van der Waals surface area contributed by atoms with Crippen molar-refractivity contribution in [2.45, 2.75) is 38.1 Å². The number of rotatable bonds is 8. The Bertz CT molecular complexity index is 221. The van der Waals surface area contributed by atoms with E-state index in [9.17, 15) is 4.79 Å². The molecule has 0 radical (unpaired) electrons. The minimum absolute atomic E-state index is 0.412. The maximum atomic E-state index is 11.5. The molecule has 0 N–H and O–H groups in total. The van der Waals surface area contributed by atoms with Gasteiger partial charge in [0.25, 0.3) is 0 Å². The van der Waals surface area contributed by atoms with Gasteiger partial charge in [0.05, 0.1) is 6.61 Å². The molecule has 1 atom stereocenters. The molecular weight excluding hydrogens is 218 g/mol. The third kappa shape index (κ3) is 5.61. The number of carbonyl (C=O) groups is 1. The highest BCUT2D eigenvalue weighted by Gasteiger charge is 2.24. The largest absolute Gasteiger partial charge is 0.385 e. The molecule has 4 nitrogen and oxygen atoms in total. The lowest BCUT2D eigenvalue weighted by Gasteiger charge is -2.33. The monoisotopic (exact) mass is 243 g/mol. The van der Waals surface area contributed by atoms with Gasteiger partial charge in [0.15, 0.2) is 0 Å². The normalized spacial score (nSPS) is 21.1. The average molecular weight is 243 g/mol. The van der Waals surface area contributed by atoms with Crippen molar-refractivity contribution in [3.8, 4) is 0 Å². The number of ketones is 1. The third-order valence-corrected chi connectivity index (χ3v) is 3.35. The number of Topliss-reactive ketones (excluding diaryl/α,β-unsaturated/α-hetero) is 1. The van der Waals surface area contributed by atoms with Crippen molar-refractivity contribution < 1.29 is 14.3 Å². The molecule has 1 aliphatic rings. The summed E-state index contributed by atoms with van der Waals surface area (Å²) in [7, 11) is 3.45. The number of carbonyl (C=O) groups excluding carboxylic acids is 1. The number of ether oxygens (including phenoxy) is 2. The Kier molecular flexibility index (Phi) is 7.40. The Balaban J connectivity index is 2.39. The average Bonchev–Trinajstić information content (AvgIpc) is 2.33. The van der Waals surface area contributed by atoms with Crippen molar-refractivity contribution in [3.63, 3.8) is 0 Å². The van der Waals surface area contributed by atoms with E-state index < -0.39 is 0 Å². The van der Waals surface area contributed by atoms with Gasteiger partial charge >= 0.3 is 0 Å². The first kappa shape index (κ1) is 14.6. The third-order valence-electron chi connectivity index (χ3n) is 3.35. The van der Waals surface area contributed by atoms with Crippen LogP contribution in [0, 0.1) is 0 Å². The fraction of sp³-hybridized carbons (Fsp3) is 0.923. The highest BCUT2D eigenvalue weighted by atomic mass is 16.5. The smallest absolute Gasteiger partial charge is 0.134 e. The van der Waals surface area contributed by atoms with Crippen molar-refractivity contribution in [2.75, 3.05) is 40.5 Å². The molecule has 0 aliphatic heterocycles. The summed E-state index contributed by atoms with van der Waals surface area (Å²) in [6.45, 7) is 3.43. The van der Waals surface area contributed by atoms with Crippen LogP contribution in [0.25, 0.3) is 0 Å². The van der Waals surface area contributed by atoms with E-state index in [0.717, 1.165) is 58.4 Å². The van der Waals surface area contributed by atoms with Crippen LogP contribution < -0.4 is 0 Å². The molecule has 0 spiro atoms. The zero-order valence-corrected chi connectivity index (χ0v) is 11.1. The number of hydrogen-bond acceptors (Lipinski definition) is 4. The van der Waals surface area contributed by atoms with E-state index in [1.807, 2.05) is 0 Å². The van der Waals surface area contributed by atoms with Crippen molar-refractivity contribution in [1.82, 2.24) is 4.90 Å². The maximum Gasteiger partial charge on any atom is 0.134 e. The number of hydrogen-bond donors (Lipinski definition) is 0. The van der Waals surface area contributed by atoms with Crippen molar-refractivity contribution in [3.05, 3.63) is 0 Å². The molecule has 1 unspecified atom stereocenters. The molecule has 0 amide bonds. The molecule has 1 aliphatic carbocycles. The fourth-order valence-corrected chi connectivity index (χ4v) is 2.41. The summed E-state index contributed by atoms with van der Waals surface area (Å²) in [6, 6.07) is 0.420. The van der Waals surface area contributed by atoms with Crippen LogP contribution >= 0.6 is 0 Å². The molecule has 0 saturated heterocycles. The zero-order chi connectivity index (χ0) is 12.5. The first-order chi connectivity index (χ1) is 8.27. The Morgan fingerprint density at radius 1 is 1.24 bits per heavy atom. The van der Waals surface area contributed by atoms with Gasteiger partial charge in [0, 0.05) is 52.8 Å². The quantitative estimate of drug-likeness (QED) is 0.605. The molecule has 0 heterocycles. The Labute approximate surface area is 104 Å². The summed E-state index contributed by atoms with van der Waals surface area (Å²) in [6.07, 6.45) is 4.69. The summed E-state index contributed by atoms with van der Waals surface area (Å²) in [5.74, 6) is 0.412. The fourth-order valence-electron chi connectivity index (χ4n) is 2.41. The lowest BCUT2D eigenvalue weighted by molar-refractivity contribution is -0.122. The highest BCUT2D eigenvalue weighted by molar-refractivity contribution is 5.79. The van der Waals surface area contributed by atoms with E-state index in [1.165, 1.54) is 0 Å². The number of methoxy groups -OCH3 is 2.